The van der Waals surface area contributed by atoms with Gasteiger partial charge in [0.25, 0.3) is 0 Å². The Labute approximate surface area is 302 Å². The maximum absolute atomic E-state index is 2.53. The fraction of sp³-hybridized carbons (Fsp3) is 0.143. The summed E-state index contributed by atoms with van der Waals surface area (Å²) in [5.41, 5.74) is 19.2. The van der Waals surface area contributed by atoms with Crippen LogP contribution in [-0.4, -0.2) is 0 Å². The second kappa shape index (κ2) is 11.6. The quantitative estimate of drug-likeness (QED) is 0.175. The van der Waals surface area contributed by atoms with E-state index in [2.05, 4.69) is 208 Å². The van der Waals surface area contributed by atoms with Gasteiger partial charge in [0.1, 0.15) is 0 Å². The molecule has 0 aromatic heterocycles. The smallest absolute Gasteiger partial charge is 0.0465 e. The Morgan fingerprint density at radius 2 is 0.745 bits per heavy atom. The second-order valence-electron chi connectivity index (χ2n) is 15.1. The number of benzene rings is 7. The number of hydrogen-bond acceptors (Lipinski definition) is 2. The van der Waals surface area contributed by atoms with Crippen LogP contribution >= 0.6 is 0 Å². The Morgan fingerprint density at radius 1 is 0.353 bits per heavy atom. The van der Waals surface area contributed by atoms with Crippen molar-refractivity contribution in [3.8, 4) is 22.3 Å². The minimum atomic E-state index is -0.164. The van der Waals surface area contributed by atoms with Crippen LogP contribution in [0.2, 0.25) is 0 Å². The van der Waals surface area contributed by atoms with Crippen LogP contribution < -0.4 is 9.80 Å². The minimum absolute atomic E-state index is 0.163. The van der Waals surface area contributed by atoms with Crippen molar-refractivity contribution in [2.75, 3.05) is 9.80 Å². The van der Waals surface area contributed by atoms with Gasteiger partial charge >= 0.3 is 0 Å². The van der Waals surface area contributed by atoms with Crippen molar-refractivity contribution >= 4 is 34.1 Å². The molecule has 2 aliphatic rings. The van der Waals surface area contributed by atoms with Gasteiger partial charge in [-0.15, -0.1) is 0 Å². The largest absolute Gasteiger partial charge is 0.310 e. The molecule has 0 fully saturated rings. The predicted molar refractivity (Wildman–Crippen MR) is 216 cm³/mol. The van der Waals surface area contributed by atoms with E-state index in [1.54, 1.807) is 0 Å². The minimum Gasteiger partial charge on any atom is -0.310 e. The van der Waals surface area contributed by atoms with Gasteiger partial charge in [0.15, 0.2) is 0 Å². The molecular formula is C49H42N2. The Kier molecular flexibility index (Phi) is 7.09. The van der Waals surface area contributed by atoms with E-state index in [1.165, 1.54) is 61.4 Å². The molecule has 51 heavy (non-hydrogen) atoms. The summed E-state index contributed by atoms with van der Waals surface area (Å²) in [5.74, 6) is 0. The first-order valence-electron chi connectivity index (χ1n) is 18.0. The summed E-state index contributed by atoms with van der Waals surface area (Å²) in [6.07, 6.45) is 0. The predicted octanol–water partition coefficient (Wildman–Crippen LogP) is 13.5. The summed E-state index contributed by atoms with van der Waals surface area (Å²) in [4.78, 5) is 4.74. The van der Waals surface area contributed by atoms with E-state index in [0.717, 1.165) is 22.7 Å². The van der Waals surface area contributed by atoms with E-state index in [1.807, 2.05) is 0 Å². The third kappa shape index (κ3) is 4.77. The number of rotatable bonds is 6. The van der Waals surface area contributed by atoms with Gasteiger partial charge in [-0.1, -0.05) is 113 Å². The number of fused-ring (bicyclic) bond motifs is 6. The van der Waals surface area contributed by atoms with Crippen molar-refractivity contribution < 1.29 is 0 Å². The average Bonchev–Trinajstić information content (AvgIpc) is 3.53. The lowest BCUT2D eigenvalue weighted by molar-refractivity contribution is 0.648. The van der Waals surface area contributed by atoms with E-state index in [9.17, 15) is 0 Å². The highest BCUT2D eigenvalue weighted by molar-refractivity contribution is 5.94. The highest BCUT2D eigenvalue weighted by Gasteiger charge is 2.44. The zero-order valence-corrected chi connectivity index (χ0v) is 30.0. The summed E-state index contributed by atoms with van der Waals surface area (Å²) in [5, 5.41) is 0. The highest BCUT2D eigenvalue weighted by Crippen LogP contribution is 2.59. The first kappa shape index (κ1) is 31.1. The monoisotopic (exact) mass is 658 g/mol. The molecule has 9 rings (SSSR count). The second-order valence-corrected chi connectivity index (χ2v) is 15.1. The molecule has 0 saturated heterocycles. The van der Waals surface area contributed by atoms with Crippen molar-refractivity contribution in [3.63, 3.8) is 0 Å². The van der Waals surface area contributed by atoms with Crippen molar-refractivity contribution in [3.05, 3.63) is 192 Å². The molecule has 7 aromatic rings. The number of anilines is 6. The van der Waals surface area contributed by atoms with Crippen LogP contribution in [0.5, 0.6) is 0 Å². The lowest BCUT2D eigenvalue weighted by atomic mass is 9.76. The molecule has 7 aromatic carbocycles. The fourth-order valence-electron chi connectivity index (χ4n) is 8.99. The third-order valence-corrected chi connectivity index (χ3v) is 11.4. The zero-order valence-electron chi connectivity index (χ0n) is 30.0. The zero-order chi connectivity index (χ0) is 34.9. The number of nitrogens with zero attached hydrogens (tertiary/aromatic N) is 2. The van der Waals surface area contributed by atoms with Crippen molar-refractivity contribution in [1.29, 1.82) is 0 Å². The SMILES string of the molecule is Cc1c2c(cc3c1C(C)(C)c1cc(N(c4ccccc4)c4ccccc4)ccc1-3)C(C)(C)c1cc(N(c3ccccc3)c3ccccc3)ccc1-2. The van der Waals surface area contributed by atoms with Crippen LogP contribution in [0.4, 0.5) is 34.1 Å². The van der Waals surface area contributed by atoms with Gasteiger partial charge in [-0.2, -0.15) is 0 Å². The van der Waals surface area contributed by atoms with Crippen molar-refractivity contribution in [2.24, 2.45) is 0 Å². The van der Waals surface area contributed by atoms with Crippen molar-refractivity contribution in [2.45, 2.75) is 45.4 Å². The molecule has 0 saturated carbocycles. The molecule has 0 N–H and O–H groups in total. The average molecular weight is 659 g/mol. The van der Waals surface area contributed by atoms with E-state index in [0.29, 0.717) is 0 Å². The van der Waals surface area contributed by atoms with Crippen LogP contribution in [0.3, 0.4) is 0 Å². The summed E-state index contributed by atoms with van der Waals surface area (Å²) in [6, 6.07) is 59.6. The number of hydrogen-bond donors (Lipinski definition) is 0. The van der Waals surface area contributed by atoms with Crippen LogP contribution in [0, 0.1) is 6.92 Å². The summed E-state index contributed by atoms with van der Waals surface area (Å²) >= 11 is 0. The van der Waals surface area contributed by atoms with Gasteiger partial charge in [-0.05, 0) is 136 Å². The molecule has 0 atom stereocenters. The van der Waals surface area contributed by atoms with E-state index >= 15 is 0 Å². The first-order valence-corrected chi connectivity index (χ1v) is 18.0. The molecule has 248 valence electrons. The fourth-order valence-corrected chi connectivity index (χ4v) is 8.99. The van der Waals surface area contributed by atoms with Gasteiger partial charge < -0.3 is 9.80 Å². The van der Waals surface area contributed by atoms with E-state index in [-0.39, 0.29) is 10.8 Å². The topological polar surface area (TPSA) is 6.48 Å². The summed E-state index contributed by atoms with van der Waals surface area (Å²) < 4.78 is 0. The summed E-state index contributed by atoms with van der Waals surface area (Å²) in [7, 11) is 0. The Bertz CT molecular complexity index is 2330. The molecule has 2 nitrogen and oxygen atoms in total. The van der Waals surface area contributed by atoms with E-state index in [4.69, 9.17) is 0 Å². The molecule has 0 amide bonds. The summed E-state index contributed by atoms with van der Waals surface area (Å²) in [6.45, 7) is 12.0. The number of para-hydroxylation sites is 4. The van der Waals surface area contributed by atoms with Crippen LogP contribution in [0.25, 0.3) is 22.3 Å². The van der Waals surface area contributed by atoms with Crippen LogP contribution in [-0.2, 0) is 10.8 Å². The molecule has 0 bridgehead atoms. The molecule has 0 unspecified atom stereocenters. The standard InChI is InChI=1S/C49H42N2/c1-33-46-41-29-27-39(51(36-22-14-8-15-23-36)37-24-16-9-17-25-37)31-44(41)48(2,3)45(46)32-42-40-28-26-38(30-43(40)49(4,5)47(33)42)50(34-18-10-6-11-19-34)35-20-12-7-13-21-35/h6-32H,1-5H3. The molecule has 0 heterocycles. The van der Waals surface area contributed by atoms with Gasteiger partial charge in [-0.25, -0.2) is 0 Å². The van der Waals surface area contributed by atoms with E-state index < -0.39 is 0 Å². The lowest BCUT2D eigenvalue weighted by Crippen LogP contribution is -2.19. The van der Waals surface area contributed by atoms with Gasteiger partial charge in [0.05, 0.1) is 0 Å². The molecule has 0 radical (unpaired) electrons. The van der Waals surface area contributed by atoms with Gasteiger partial charge in [0, 0.05) is 45.0 Å². The third-order valence-electron chi connectivity index (χ3n) is 11.4. The molecule has 2 aliphatic carbocycles. The normalized spacial score (nSPS) is 14.3. The van der Waals surface area contributed by atoms with Gasteiger partial charge in [0.2, 0.25) is 0 Å². The Hall–Kier alpha value is -5.86. The van der Waals surface area contributed by atoms with Crippen molar-refractivity contribution in [1.82, 2.24) is 0 Å². The maximum atomic E-state index is 2.53. The Morgan fingerprint density at radius 3 is 1.18 bits per heavy atom. The molecular weight excluding hydrogens is 617 g/mol. The highest BCUT2D eigenvalue weighted by atomic mass is 15.1. The Balaban J connectivity index is 1.17. The van der Waals surface area contributed by atoms with Crippen LogP contribution in [0.1, 0.15) is 55.5 Å². The maximum Gasteiger partial charge on any atom is 0.0465 e. The lowest BCUT2D eigenvalue weighted by Gasteiger charge is -2.29. The van der Waals surface area contributed by atoms with Crippen LogP contribution in [0.15, 0.2) is 164 Å². The first-order chi connectivity index (χ1) is 24.7. The molecule has 2 heteroatoms. The molecule has 0 spiro atoms. The van der Waals surface area contributed by atoms with Gasteiger partial charge in [-0.3, -0.25) is 0 Å². The molecule has 0 aliphatic heterocycles.